The Hall–Kier alpha value is -2.56. The van der Waals surface area contributed by atoms with E-state index in [2.05, 4.69) is 9.55 Å². The van der Waals surface area contributed by atoms with Crippen molar-refractivity contribution >= 4 is 12.0 Å². The number of ether oxygens (including phenoxy) is 2. The van der Waals surface area contributed by atoms with Crippen molar-refractivity contribution in [1.29, 1.82) is 0 Å². The Labute approximate surface area is 135 Å². The van der Waals surface area contributed by atoms with E-state index in [0.29, 0.717) is 12.6 Å². The zero-order valence-electron chi connectivity index (χ0n) is 13.4. The van der Waals surface area contributed by atoms with Crippen LogP contribution in [0.4, 0.5) is 0 Å². The lowest BCUT2D eigenvalue weighted by molar-refractivity contribution is -0.137. The van der Waals surface area contributed by atoms with Crippen molar-refractivity contribution < 1.29 is 14.3 Å². The molecule has 1 aromatic carbocycles. The molecule has 1 heterocycles. The molecule has 0 amide bonds. The largest absolute Gasteiger partial charge is 0.497 e. The number of methoxy groups -OCH3 is 1. The van der Waals surface area contributed by atoms with Crippen molar-refractivity contribution in [3.05, 3.63) is 42.2 Å². The van der Waals surface area contributed by atoms with Crippen LogP contribution in [0.2, 0.25) is 0 Å². The van der Waals surface area contributed by atoms with Crippen LogP contribution in [0.1, 0.15) is 31.5 Å². The first-order chi connectivity index (χ1) is 11.2. The number of hydrogen-bond acceptors (Lipinski definition) is 4. The number of hydrogen-bond donors (Lipinski definition) is 0. The first kappa shape index (κ1) is 15.3. The minimum atomic E-state index is -0.331. The third-order valence-electron chi connectivity index (χ3n) is 3.76. The summed E-state index contributed by atoms with van der Waals surface area (Å²) in [5.74, 6) is 1.40. The number of nitrogens with zero attached hydrogens (tertiary/aromatic N) is 2. The van der Waals surface area contributed by atoms with Crippen LogP contribution in [0.3, 0.4) is 0 Å². The van der Waals surface area contributed by atoms with Gasteiger partial charge in [0.1, 0.15) is 11.6 Å². The first-order valence-corrected chi connectivity index (χ1v) is 7.79. The predicted octanol–water partition coefficient (Wildman–Crippen LogP) is 3.47. The highest BCUT2D eigenvalue weighted by Crippen LogP contribution is 2.40. The molecule has 5 heteroatoms. The third-order valence-corrected chi connectivity index (χ3v) is 3.76. The molecule has 3 rings (SSSR count). The van der Waals surface area contributed by atoms with E-state index in [4.69, 9.17) is 9.47 Å². The predicted molar refractivity (Wildman–Crippen MR) is 88.2 cm³/mol. The molecule has 1 fully saturated rings. The average molecular weight is 312 g/mol. The van der Waals surface area contributed by atoms with Crippen LogP contribution < -0.4 is 4.74 Å². The third kappa shape index (κ3) is 3.44. The van der Waals surface area contributed by atoms with Gasteiger partial charge in [-0.05, 0) is 50.1 Å². The Bertz CT molecular complexity index is 712. The van der Waals surface area contributed by atoms with Crippen molar-refractivity contribution in [3.63, 3.8) is 0 Å². The van der Waals surface area contributed by atoms with Gasteiger partial charge in [-0.25, -0.2) is 9.78 Å². The number of imidazole rings is 1. The number of aromatic nitrogens is 2. The SMILES string of the molecule is CCOC(=O)/C=C/c1cnc(-c2ccc(OC)cc2)n1C1CC1. The van der Waals surface area contributed by atoms with Gasteiger partial charge >= 0.3 is 5.97 Å². The van der Waals surface area contributed by atoms with Gasteiger partial charge in [0.15, 0.2) is 0 Å². The van der Waals surface area contributed by atoms with E-state index in [9.17, 15) is 4.79 Å². The standard InChI is InChI=1S/C18H20N2O3/c1-3-23-17(21)11-8-15-12-19-18(20(15)14-6-7-14)13-4-9-16(22-2)10-5-13/h4-5,8-12,14H,3,6-7H2,1-2H3/b11-8+. The van der Waals surface area contributed by atoms with Crippen molar-refractivity contribution in [3.8, 4) is 17.1 Å². The highest BCUT2D eigenvalue weighted by Gasteiger charge is 2.28. The maximum atomic E-state index is 11.5. The number of carbonyl (C=O) groups is 1. The second-order valence-electron chi connectivity index (χ2n) is 5.42. The first-order valence-electron chi connectivity index (χ1n) is 7.79. The molecular formula is C18H20N2O3. The average Bonchev–Trinajstić information content (AvgIpc) is 3.33. The van der Waals surface area contributed by atoms with Crippen molar-refractivity contribution in [2.45, 2.75) is 25.8 Å². The molecule has 0 unspecified atom stereocenters. The molecular weight excluding hydrogens is 292 g/mol. The van der Waals surface area contributed by atoms with Gasteiger partial charge in [-0.2, -0.15) is 0 Å². The van der Waals surface area contributed by atoms with Crippen molar-refractivity contribution in [1.82, 2.24) is 9.55 Å². The lowest BCUT2D eigenvalue weighted by Gasteiger charge is -2.09. The fourth-order valence-electron chi connectivity index (χ4n) is 2.51. The molecule has 23 heavy (non-hydrogen) atoms. The van der Waals surface area contributed by atoms with Gasteiger partial charge in [0, 0.05) is 17.7 Å². The van der Waals surface area contributed by atoms with Crippen LogP contribution in [0.5, 0.6) is 5.75 Å². The molecule has 1 saturated carbocycles. The van der Waals surface area contributed by atoms with E-state index in [-0.39, 0.29) is 5.97 Å². The number of rotatable bonds is 6. The number of benzene rings is 1. The summed E-state index contributed by atoms with van der Waals surface area (Å²) in [7, 11) is 1.65. The minimum Gasteiger partial charge on any atom is -0.497 e. The lowest BCUT2D eigenvalue weighted by atomic mass is 10.2. The summed E-state index contributed by atoms with van der Waals surface area (Å²) in [5, 5.41) is 0. The molecule has 1 aliphatic carbocycles. The second kappa shape index (κ2) is 6.69. The summed E-state index contributed by atoms with van der Waals surface area (Å²) in [6, 6.07) is 8.30. The Morgan fingerprint density at radius 1 is 1.35 bits per heavy atom. The van der Waals surface area contributed by atoms with Crippen LogP contribution in [0.15, 0.2) is 36.5 Å². The lowest BCUT2D eigenvalue weighted by Crippen LogP contribution is -2.02. The van der Waals surface area contributed by atoms with Gasteiger partial charge in [0.2, 0.25) is 0 Å². The molecule has 5 nitrogen and oxygen atoms in total. The van der Waals surface area contributed by atoms with Crippen LogP contribution in [0.25, 0.3) is 17.5 Å². The highest BCUT2D eigenvalue weighted by atomic mass is 16.5. The van der Waals surface area contributed by atoms with Crippen molar-refractivity contribution in [2.24, 2.45) is 0 Å². The van der Waals surface area contributed by atoms with Gasteiger partial charge in [-0.1, -0.05) is 0 Å². The van der Waals surface area contributed by atoms with E-state index in [1.807, 2.05) is 24.3 Å². The highest BCUT2D eigenvalue weighted by molar-refractivity contribution is 5.86. The maximum absolute atomic E-state index is 11.5. The minimum absolute atomic E-state index is 0.331. The van der Waals surface area contributed by atoms with Gasteiger partial charge in [-0.3, -0.25) is 0 Å². The van der Waals surface area contributed by atoms with Crippen LogP contribution in [-0.2, 0) is 9.53 Å². The fraction of sp³-hybridized carbons (Fsp3) is 0.333. The van der Waals surface area contributed by atoms with Gasteiger partial charge < -0.3 is 14.0 Å². The van der Waals surface area contributed by atoms with Crippen LogP contribution >= 0.6 is 0 Å². The summed E-state index contributed by atoms with van der Waals surface area (Å²) in [5.41, 5.74) is 1.96. The summed E-state index contributed by atoms with van der Waals surface area (Å²) in [6.45, 7) is 2.17. The normalized spacial score (nSPS) is 14.2. The van der Waals surface area contributed by atoms with Gasteiger partial charge in [0.05, 0.1) is 25.6 Å². The zero-order valence-corrected chi connectivity index (χ0v) is 13.4. The van der Waals surface area contributed by atoms with Crippen molar-refractivity contribution in [2.75, 3.05) is 13.7 Å². The maximum Gasteiger partial charge on any atom is 0.330 e. The van der Waals surface area contributed by atoms with E-state index < -0.39 is 0 Å². The van der Waals surface area contributed by atoms with E-state index >= 15 is 0 Å². The number of carbonyl (C=O) groups excluding carboxylic acids is 1. The molecule has 0 atom stereocenters. The Balaban J connectivity index is 1.90. The summed E-state index contributed by atoms with van der Waals surface area (Å²) >= 11 is 0. The smallest absolute Gasteiger partial charge is 0.330 e. The van der Waals surface area contributed by atoms with Gasteiger partial charge in [-0.15, -0.1) is 0 Å². The molecule has 120 valence electrons. The molecule has 0 N–H and O–H groups in total. The zero-order chi connectivity index (χ0) is 16.2. The molecule has 0 aliphatic heterocycles. The molecule has 0 saturated heterocycles. The molecule has 2 aromatic rings. The molecule has 1 aliphatic rings. The Morgan fingerprint density at radius 2 is 2.09 bits per heavy atom. The molecule has 1 aromatic heterocycles. The number of esters is 1. The fourth-order valence-corrected chi connectivity index (χ4v) is 2.51. The van der Waals surface area contributed by atoms with Crippen LogP contribution in [0, 0.1) is 0 Å². The van der Waals surface area contributed by atoms with E-state index in [0.717, 1.165) is 35.7 Å². The summed E-state index contributed by atoms with van der Waals surface area (Å²) in [4.78, 5) is 16.1. The molecule has 0 bridgehead atoms. The Morgan fingerprint density at radius 3 is 2.70 bits per heavy atom. The van der Waals surface area contributed by atoms with Gasteiger partial charge in [0.25, 0.3) is 0 Å². The molecule has 0 spiro atoms. The monoisotopic (exact) mass is 312 g/mol. The van der Waals surface area contributed by atoms with Crippen LogP contribution in [-0.4, -0.2) is 29.2 Å². The second-order valence-corrected chi connectivity index (χ2v) is 5.42. The quantitative estimate of drug-likeness (QED) is 0.605. The van der Waals surface area contributed by atoms with E-state index in [1.165, 1.54) is 6.08 Å². The summed E-state index contributed by atoms with van der Waals surface area (Å²) < 4.78 is 12.3. The van der Waals surface area contributed by atoms with E-state index in [1.54, 1.807) is 26.3 Å². The molecule has 0 radical (unpaired) electrons. The topological polar surface area (TPSA) is 53.4 Å². The summed E-state index contributed by atoms with van der Waals surface area (Å²) in [6.07, 6.45) is 7.31. The Kier molecular flexibility index (Phi) is 4.46.